The van der Waals surface area contributed by atoms with Crippen molar-refractivity contribution in [2.75, 3.05) is 20.0 Å². The first kappa shape index (κ1) is 14.4. The zero-order chi connectivity index (χ0) is 14.4. The number of hydrogen-bond acceptors (Lipinski definition) is 7. The number of ether oxygens (including phenoxy) is 2. The molecule has 0 aliphatic rings. The van der Waals surface area contributed by atoms with Gasteiger partial charge in [-0.05, 0) is 24.3 Å². The number of rotatable bonds is 6. The highest BCUT2D eigenvalue weighted by Crippen LogP contribution is 2.25. The van der Waals surface area contributed by atoms with Gasteiger partial charge in [-0.3, -0.25) is 4.79 Å². The maximum absolute atomic E-state index is 11.0. The molecule has 0 saturated heterocycles. The minimum absolute atomic E-state index is 0.257. The lowest BCUT2D eigenvalue weighted by molar-refractivity contribution is -0.140. The summed E-state index contributed by atoms with van der Waals surface area (Å²) in [6.45, 7) is 0. The van der Waals surface area contributed by atoms with Crippen LogP contribution >= 0.6 is 11.8 Å². The van der Waals surface area contributed by atoms with E-state index in [0.29, 0.717) is 23.3 Å². The molecule has 0 saturated carbocycles. The van der Waals surface area contributed by atoms with Crippen molar-refractivity contribution in [3.05, 3.63) is 24.3 Å². The van der Waals surface area contributed by atoms with Gasteiger partial charge in [0, 0.05) is 11.3 Å². The van der Waals surface area contributed by atoms with Crippen LogP contribution in [0.4, 0.5) is 0 Å². The number of hydrogen-bond donors (Lipinski definition) is 0. The largest absolute Gasteiger partial charge is 0.497 e. The van der Waals surface area contributed by atoms with E-state index < -0.39 is 0 Å². The maximum Gasteiger partial charge on any atom is 0.306 e. The monoisotopic (exact) mass is 294 g/mol. The summed E-state index contributed by atoms with van der Waals surface area (Å²) in [5, 5.41) is 8.32. The standard InChI is InChI=1S/C13H14N2O4S/c1-17-10-5-3-9(4-6-10)12-14-15-13(19-12)20-8-7-11(16)18-2/h3-6H,7-8H2,1-2H3. The third-order valence-corrected chi connectivity index (χ3v) is 3.32. The van der Waals surface area contributed by atoms with Gasteiger partial charge in [-0.15, -0.1) is 10.2 Å². The fraction of sp³-hybridized carbons (Fsp3) is 0.308. The number of carbonyl (C=O) groups is 1. The topological polar surface area (TPSA) is 74.5 Å². The molecule has 0 amide bonds. The molecule has 0 radical (unpaired) electrons. The Morgan fingerprint density at radius 3 is 2.65 bits per heavy atom. The summed E-state index contributed by atoms with van der Waals surface area (Å²) in [6, 6.07) is 7.33. The van der Waals surface area contributed by atoms with E-state index in [1.54, 1.807) is 7.11 Å². The predicted molar refractivity (Wildman–Crippen MR) is 73.6 cm³/mol. The lowest BCUT2D eigenvalue weighted by atomic mass is 10.2. The quantitative estimate of drug-likeness (QED) is 0.598. The summed E-state index contributed by atoms with van der Waals surface area (Å²) < 4.78 is 15.1. The fourth-order valence-corrected chi connectivity index (χ4v) is 2.12. The van der Waals surface area contributed by atoms with Gasteiger partial charge in [-0.1, -0.05) is 11.8 Å². The van der Waals surface area contributed by atoms with Crippen molar-refractivity contribution in [3.8, 4) is 17.2 Å². The number of methoxy groups -OCH3 is 2. The Bertz CT molecular complexity index is 568. The molecule has 0 fully saturated rings. The van der Waals surface area contributed by atoms with E-state index in [1.165, 1.54) is 18.9 Å². The van der Waals surface area contributed by atoms with Gasteiger partial charge in [0.05, 0.1) is 20.6 Å². The average Bonchev–Trinajstić information content (AvgIpc) is 2.96. The molecule has 1 aromatic carbocycles. The molecule has 20 heavy (non-hydrogen) atoms. The normalized spacial score (nSPS) is 10.3. The van der Waals surface area contributed by atoms with E-state index in [-0.39, 0.29) is 5.97 Å². The molecule has 2 aromatic rings. The van der Waals surface area contributed by atoms with E-state index in [1.807, 2.05) is 24.3 Å². The third kappa shape index (κ3) is 3.74. The first-order valence-corrected chi connectivity index (χ1v) is 6.89. The number of aromatic nitrogens is 2. The number of esters is 1. The second-order valence-electron chi connectivity index (χ2n) is 3.78. The fourth-order valence-electron chi connectivity index (χ4n) is 1.44. The lowest BCUT2D eigenvalue weighted by Crippen LogP contribution is -2.00. The maximum atomic E-state index is 11.0. The highest BCUT2D eigenvalue weighted by atomic mass is 32.2. The van der Waals surface area contributed by atoms with Gasteiger partial charge < -0.3 is 13.9 Å². The van der Waals surface area contributed by atoms with Crippen LogP contribution in [0.25, 0.3) is 11.5 Å². The van der Waals surface area contributed by atoms with Crippen LogP contribution in [0.15, 0.2) is 33.9 Å². The Hall–Kier alpha value is -2.02. The first-order valence-electron chi connectivity index (χ1n) is 5.90. The Kier molecular flexibility index (Phi) is 5.00. The molecule has 2 rings (SSSR count). The van der Waals surface area contributed by atoms with E-state index in [2.05, 4.69) is 14.9 Å². The van der Waals surface area contributed by atoms with Crippen LogP contribution in [0.2, 0.25) is 0 Å². The molecule has 0 aliphatic carbocycles. The lowest BCUT2D eigenvalue weighted by Gasteiger charge is -1.99. The van der Waals surface area contributed by atoms with E-state index in [0.717, 1.165) is 11.3 Å². The van der Waals surface area contributed by atoms with Crippen molar-refractivity contribution < 1.29 is 18.7 Å². The molecule has 0 atom stereocenters. The summed E-state index contributed by atoms with van der Waals surface area (Å²) in [6.07, 6.45) is 0.307. The van der Waals surface area contributed by atoms with Crippen molar-refractivity contribution >= 4 is 17.7 Å². The smallest absolute Gasteiger partial charge is 0.306 e. The zero-order valence-electron chi connectivity index (χ0n) is 11.2. The van der Waals surface area contributed by atoms with Gasteiger partial charge in [-0.2, -0.15) is 0 Å². The molecule has 1 aromatic heterocycles. The van der Waals surface area contributed by atoms with Gasteiger partial charge in [0.15, 0.2) is 0 Å². The molecule has 0 unspecified atom stereocenters. The van der Waals surface area contributed by atoms with Crippen LogP contribution in [-0.2, 0) is 9.53 Å². The first-order chi connectivity index (χ1) is 9.72. The summed E-state index contributed by atoms with van der Waals surface area (Å²) in [7, 11) is 2.97. The van der Waals surface area contributed by atoms with Crippen molar-refractivity contribution in [1.82, 2.24) is 10.2 Å². The van der Waals surface area contributed by atoms with E-state index in [4.69, 9.17) is 9.15 Å². The number of benzene rings is 1. The highest BCUT2D eigenvalue weighted by Gasteiger charge is 2.10. The van der Waals surface area contributed by atoms with Crippen LogP contribution in [0.5, 0.6) is 5.75 Å². The zero-order valence-corrected chi connectivity index (χ0v) is 12.0. The summed E-state index contributed by atoms with van der Waals surface area (Å²) >= 11 is 1.32. The summed E-state index contributed by atoms with van der Waals surface area (Å²) in [5.74, 6) is 1.48. The molecule has 6 nitrogen and oxygen atoms in total. The van der Waals surface area contributed by atoms with Gasteiger partial charge in [0.2, 0.25) is 5.89 Å². The van der Waals surface area contributed by atoms with Crippen LogP contribution in [0, 0.1) is 0 Å². The van der Waals surface area contributed by atoms with Crippen molar-refractivity contribution in [2.24, 2.45) is 0 Å². The SMILES string of the molecule is COC(=O)CCSc1nnc(-c2ccc(OC)cc2)o1. The minimum Gasteiger partial charge on any atom is -0.497 e. The van der Waals surface area contributed by atoms with Gasteiger partial charge in [0.1, 0.15) is 5.75 Å². The summed E-state index contributed by atoms with van der Waals surface area (Å²) in [5.41, 5.74) is 0.818. The van der Waals surface area contributed by atoms with Gasteiger partial charge >= 0.3 is 5.97 Å². The highest BCUT2D eigenvalue weighted by molar-refractivity contribution is 7.99. The van der Waals surface area contributed by atoms with E-state index >= 15 is 0 Å². The van der Waals surface area contributed by atoms with Crippen molar-refractivity contribution in [3.63, 3.8) is 0 Å². The molecule has 0 bridgehead atoms. The van der Waals surface area contributed by atoms with Crippen LogP contribution in [-0.4, -0.2) is 36.1 Å². The minimum atomic E-state index is -0.257. The van der Waals surface area contributed by atoms with Gasteiger partial charge in [-0.25, -0.2) is 0 Å². The number of carbonyl (C=O) groups excluding carboxylic acids is 1. The second-order valence-corrected chi connectivity index (χ2v) is 4.82. The van der Waals surface area contributed by atoms with Gasteiger partial charge in [0.25, 0.3) is 5.22 Å². The van der Waals surface area contributed by atoms with E-state index in [9.17, 15) is 4.79 Å². The predicted octanol–water partition coefficient (Wildman–Crippen LogP) is 2.40. The molecular weight excluding hydrogens is 280 g/mol. The molecule has 0 spiro atoms. The van der Waals surface area contributed by atoms with Crippen LogP contribution in [0.1, 0.15) is 6.42 Å². The van der Waals surface area contributed by atoms with Crippen LogP contribution in [0.3, 0.4) is 0 Å². The average molecular weight is 294 g/mol. The number of nitrogens with zero attached hydrogens (tertiary/aromatic N) is 2. The van der Waals surface area contributed by atoms with Crippen molar-refractivity contribution in [1.29, 1.82) is 0 Å². The molecule has 1 heterocycles. The third-order valence-electron chi connectivity index (χ3n) is 2.50. The molecule has 7 heteroatoms. The Morgan fingerprint density at radius 1 is 1.25 bits per heavy atom. The Morgan fingerprint density at radius 2 is 2.00 bits per heavy atom. The number of thioether (sulfide) groups is 1. The molecule has 0 N–H and O–H groups in total. The van der Waals surface area contributed by atoms with Crippen LogP contribution < -0.4 is 4.74 Å². The molecule has 0 aliphatic heterocycles. The molecule has 106 valence electrons. The molecular formula is C13H14N2O4S. The summed E-state index contributed by atoms with van der Waals surface area (Å²) in [4.78, 5) is 11.0. The Balaban J connectivity index is 1.95. The van der Waals surface area contributed by atoms with Crippen molar-refractivity contribution in [2.45, 2.75) is 11.6 Å². The second kappa shape index (κ2) is 6.95. The Labute approximate surface area is 120 Å².